The van der Waals surface area contributed by atoms with Gasteiger partial charge in [-0.2, -0.15) is 5.26 Å². The molecule has 0 radical (unpaired) electrons. The molecule has 0 N–H and O–H groups in total. The molecular weight excluding hydrogens is 381 g/mol. The summed E-state index contributed by atoms with van der Waals surface area (Å²) in [6.07, 6.45) is 0.403. The minimum absolute atomic E-state index is 0. The lowest BCUT2D eigenvalue weighted by Gasteiger charge is -2.34. The van der Waals surface area contributed by atoms with Crippen molar-refractivity contribution < 1.29 is 4.79 Å². The van der Waals surface area contributed by atoms with E-state index in [2.05, 4.69) is 40.1 Å². The van der Waals surface area contributed by atoms with Crippen molar-refractivity contribution in [3.8, 4) is 6.07 Å². The highest BCUT2D eigenvalue weighted by Crippen LogP contribution is 2.10. The van der Waals surface area contributed by atoms with E-state index in [1.165, 1.54) is 5.56 Å². The van der Waals surface area contributed by atoms with Crippen molar-refractivity contribution in [3.63, 3.8) is 0 Å². The first-order valence-electron chi connectivity index (χ1n) is 8.72. The molecule has 144 valence electrons. The first kappa shape index (κ1) is 23.1. The SMILES string of the molecule is Cl.Cl.N#Cc1cccc(CC(=O)CN2CCN(Cc3ccccc3)CC2)c1. The maximum atomic E-state index is 12.3. The fourth-order valence-electron chi connectivity index (χ4n) is 3.23. The number of rotatable bonds is 6. The summed E-state index contributed by atoms with van der Waals surface area (Å²) < 4.78 is 0. The monoisotopic (exact) mass is 405 g/mol. The predicted molar refractivity (Wildman–Crippen MR) is 113 cm³/mol. The summed E-state index contributed by atoms with van der Waals surface area (Å²) in [6.45, 7) is 5.31. The molecule has 3 rings (SSSR count). The zero-order valence-corrected chi connectivity index (χ0v) is 16.8. The van der Waals surface area contributed by atoms with Crippen molar-refractivity contribution in [2.45, 2.75) is 13.0 Å². The molecule has 0 bridgehead atoms. The average molecular weight is 406 g/mol. The van der Waals surface area contributed by atoms with Gasteiger partial charge in [-0.25, -0.2) is 0 Å². The molecule has 0 saturated carbocycles. The average Bonchev–Trinajstić information content (AvgIpc) is 2.64. The minimum Gasteiger partial charge on any atom is -0.298 e. The van der Waals surface area contributed by atoms with Gasteiger partial charge in [0.25, 0.3) is 0 Å². The van der Waals surface area contributed by atoms with Crippen molar-refractivity contribution in [2.75, 3.05) is 32.7 Å². The van der Waals surface area contributed by atoms with Gasteiger partial charge in [-0.1, -0.05) is 42.5 Å². The lowest BCUT2D eigenvalue weighted by molar-refractivity contribution is -0.120. The molecule has 6 heteroatoms. The van der Waals surface area contributed by atoms with Crippen molar-refractivity contribution in [3.05, 3.63) is 71.3 Å². The Kier molecular flexibility index (Phi) is 10.1. The maximum Gasteiger partial charge on any atom is 0.151 e. The lowest BCUT2D eigenvalue weighted by Crippen LogP contribution is -2.47. The van der Waals surface area contributed by atoms with Crippen molar-refractivity contribution in [1.82, 2.24) is 9.80 Å². The molecule has 0 unspecified atom stereocenters. The number of hydrogen-bond donors (Lipinski definition) is 0. The Labute approximate surface area is 173 Å². The van der Waals surface area contributed by atoms with Gasteiger partial charge in [-0.3, -0.25) is 14.6 Å². The molecule has 27 heavy (non-hydrogen) atoms. The fraction of sp³-hybridized carbons (Fsp3) is 0.333. The Bertz CT molecular complexity index is 754. The number of ketones is 1. The number of nitrogens with zero attached hydrogens (tertiary/aromatic N) is 3. The van der Waals surface area contributed by atoms with Gasteiger partial charge in [0, 0.05) is 39.1 Å². The summed E-state index contributed by atoms with van der Waals surface area (Å²) in [5.41, 5.74) is 2.87. The molecule has 0 aliphatic carbocycles. The van der Waals surface area contributed by atoms with E-state index in [4.69, 9.17) is 5.26 Å². The van der Waals surface area contributed by atoms with Gasteiger partial charge in [-0.15, -0.1) is 24.8 Å². The van der Waals surface area contributed by atoms with E-state index in [9.17, 15) is 4.79 Å². The zero-order chi connectivity index (χ0) is 17.5. The van der Waals surface area contributed by atoms with Crippen LogP contribution in [0.2, 0.25) is 0 Å². The number of carbonyl (C=O) groups is 1. The van der Waals surface area contributed by atoms with E-state index < -0.39 is 0 Å². The first-order valence-corrected chi connectivity index (χ1v) is 8.72. The minimum atomic E-state index is 0. The lowest BCUT2D eigenvalue weighted by atomic mass is 10.1. The van der Waals surface area contributed by atoms with E-state index in [0.717, 1.165) is 38.3 Å². The number of piperazine rings is 1. The number of benzene rings is 2. The Hall–Kier alpha value is -1.90. The highest BCUT2D eigenvalue weighted by atomic mass is 35.5. The van der Waals surface area contributed by atoms with E-state index >= 15 is 0 Å². The second-order valence-corrected chi connectivity index (χ2v) is 6.57. The van der Waals surface area contributed by atoms with Crippen LogP contribution in [0.3, 0.4) is 0 Å². The van der Waals surface area contributed by atoms with Gasteiger partial charge < -0.3 is 0 Å². The quantitative estimate of drug-likeness (QED) is 0.739. The van der Waals surface area contributed by atoms with Crippen LogP contribution in [0.15, 0.2) is 54.6 Å². The molecule has 1 aliphatic rings. The van der Waals surface area contributed by atoms with Crippen molar-refractivity contribution >= 4 is 30.6 Å². The summed E-state index contributed by atoms with van der Waals surface area (Å²) in [6, 6.07) is 19.9. The third-order valence-electron chi connectivity index (χ3n) is 4.57. The van der Waals surface area contributed by atoms with Crippen LogP contribution in [0.1, 0.15) is 16.7 Å². The topological polar surface area (TPSA) is 47.3 Å². The van der Waals surface area contributed by atoms with Crippen LogP contribution in [0.5, 0.6) is 0 Å². The Balaban J connectivity index is 0.00000182. The Morgan fingerprint density at radius 3 is 2.19 bits per heavy atom. The Morgan fingerprint density at radius 2 is 1.52 bits per heavy atom. The molecule has 2 aromatic rings. The van der Waals surface area contributed by atoms with Gasteiger partial charge in [0.1, 0.15) is 0 Å². The molecule has 4 nitrogen and oxygen atoms in total. The van der Waals surface area contributed by atoms with Crippen LogP contribution in [-0.2, 0) is 17.8 Å². The Morgan fingerprint density at radius 1 is 0.889 bits per heavy atom. The maximum absolute atomic E-state index is 12.3. The van der Waals surface area contributed by atoms with Crippen LogP contribution in [0.25, 0.3) is 0 Å². The van der Waals surface area contributed by atoms with E-state index in [-0.39, 0.29) is 30.6 Å². The number of carbonyl (C=O) groups excluding carboxylic acids is 1. The summed E-state index contributed by atoms with van der Waals surface area (Å²) in [5.74, 6) is 0.214. The largest absolute Gasteiger partial charge is 0.298 e. The highest BCUT2D eigenvalue weighted by Gasteiger charge is 2.19. The molecule has 2 aromatic carbocycles. The van der Waals surface area contributed by atoms with Gasteiger partial charge in [0.2, 0.25) is 0 Å². The third kappa shape index (κ3) is 7.32. The van der Waals surface area contributed by atoms with Gasteiger partial charge >= 0.3 is 0 Å². The smallest absolute Gasteiger partial charge is 0.151 e. The summed E-state index contributed by atoms with van der Waals surface area (Å²) >= 11 is 0. The van der Waals surface area contributed by atoms with E-state index in [0.29, 0.717) is 18.5 Å². The molecule has 0 amide bonds. The van der Waals surface area contributed by atoms with Crippen LogP contribution >= 0.6 is 24.8 Å². The normalized spacial score (nSPS) is 14.5. The van der Waals surface area contributed by atoms with Gasteiger partial charge in [0.05, 0.1) is 18.2 Å². The number of hydrogen-bond acceptors (Lipinski definition) is 4. The number of halogens is 2. The second-order valence-electron chi connectivity index (χ2n) is 6.57. The number of nitriles is 1. The molecule has 0 aromatic heterocycles. The molecule has 1 aliphatic heterocycles. The van der Waals surface area contributed by atoms with Crippen LogP contribution in [0.4, 0.5) is 0 Å². The van der Waals surface area contributed by atoms with Crippen molar-refractivity contribution in [1.29, 1.82) is 5.26 Å². The standard InChI is InChI=1S/C21H23N3O.2ClH/c22-15-20-8-4-7-19(13-20)14-21(25)17-24-11-9-23(10-12-24)16-18-5-2-1-3-6-18;;/h1-8,13H,9-12,14,16-17H2;2*1H. The fourth-order valence-corrected chi connectivity index (χ4v) is 3.23. The third-order valence-corrected chi connectivity index (χ3v) is 4.57. The van der Waals surface area contributed by atoms with Crippen molar-refractivity contribution in [2.24, 2.45) is 0 Å². The highest BCUT2D eigenvalue weighted by molar-refractivity contribution is 5.85. The van der Waals surface area contributed by atoms with E-state index in [1.54, 1.807) is 12.1 Å². The first-order chi connectivity index (χ1) is 12.2. The van der Waals surface area contributed by atoms with Crippen LogP contribution in [-0.4, -0.2) is 48.3 Å². The predicted octanol–water partition coefficient (Wildman–Crippen LogP) is 3.33. The van der Waals surface area contributed by atoms with Gasteiger partial charge in [-0.05, 0) is 23.3 Å². The molecule has 0 atom stereocenters. The molecule has 1 fully saturated rings. The second kappa shape index (κ2) is 11.7. The number of Topliss-reactive ketones (excluding diaryl/α,β-unsaturated/α-hetero) is 1. The van der Waals surface area contributed by atoms with Crippen LogP contribution < -0.4 is 0 Å². The zero-order valence-electron chi connectivity index (χ0n) is 15.2. The van der Waals surface area contributed by atoms with Crippen LogP contribution in [0, 0.1) is 11.3 Å². The molecular formula is C21H25Cl2N3O. The van der Waals surface area contributed by atoms with E-state index in [1.807, 2.05) is 18.2 Å². The molecule has 1 saturated heterocycles. The molecule has 1 heterocycles. The summed E-state index contributed by atoms with van der Waals surface area (Å²) in [7, 11) is 0. The summed E-state index contributed by atoms with van der Waals surface area (Å²) in [5, 5.41) is 8.94. The van der Waals surface area contributed by atoms with Gasteiger partial charge in [0.15, 0.2) is 5.78 Å². The summed E-state index contributed by atoms with van der Waals surface area (Å²) in [4.78, 5) is 17.0. The molecule has 0 spiro atoms.